The molecule has 1 atom stereocenters. The summed E-state index contributed by atoms with van der Waals surface area (Å²) in [6.07, 6.45) is 6.18. The van der Waals surface area contributed by atoms with Gasteiger partial charge in [0.2, 0.25) is 0 Å². The number of rotatable bonds is 7. The standard InChI is InChI=1S/C13H27NO2/c1-12(2)14(8-4-5-9-15)11-13-7-3-6-10-16-13/h12-13,15H,3-11H2,1-2H3. The molecule has 1 aliphatic heterocycles. The molecule has 3 heteroatoms. The molecule has 0 amide bonds. The number of nitrogens with zero attached hydrogens (tertiary/aromatic N) is 1. The second-order valence-corrected chi connectivity index (χ2v) is 5.01. The first kappa shape index (κ1) is 13.9. The molecule has 1 fully saturated rings. The Morgan fingerprint density at radius 1 is 1.31 bits per heavy atom. The number of hydrogen-bond donors (Lipinski definition) is 1. The Labute approximate surface area is 99.8 Å². The first-order chi connectivity index (χ1) is 7.74. The van der Waals surface area contributed by atoms with Gasteiger partial charge in [-0.2, -0.15) is 0 Å². The predicted octanol–water partition coefficient (Wildman–Crippen LogP) is 2.04. The number of unbranched alkanes of at least 4 members (excludes halogenated alkanes) is 1. The third-order valence-electron chi connectivity index (χ3n) is 3.30. The number of ether oxygens (including phenoxy) is 1. The summed E-state index contributed by atoms with van der Waals surface area (Å²) in [7, 11) is 0. The van der Waals surface area contributed by atoms with Crippen LogP contribution in [0.3, 0.4) is 0 Å². The van der Waals surface area contributed by atoms with Crippen molar-refractivity contribution in [3.05, 3.63) is 0 Å². The first-order valence-electron chi connectivity index (χ1n) is 6.70. The van der Waals surface area contributed by atoms with Crippen LogP contribution in [0, 0.1) is 0 Å². The molecule has 1 saturated heterocycles. The number of aliphatic hydroxyl groups excluding tert-OH is 1. The van der Waals surface area contributed by atoms with Crippen LogP contribution >= 0.6 is 0 Å². The summed E-state index contributed by atoms with van der Waals surface area (Å²) in [5, 5.41) is 8.80. The molecule has 0 aromatic rings. The smallest absolute Gasteiger partial charge is 0.0702 e. The van der Waals surface area contributed by atoms with E-state index in [2.05, 4.69) is 18.7 Å². The van der Waals surface area contributed by atoms with Crippen LogP contribution in [0.15, 0.2) is 0 Å². The maximum absolute atomic E-state index is 8.80. The first-order valence-corrected chi connectivity index (χ1v) is 6.70. The zero-order chi connectivity index (χ0) is 11.8. The van der Waals surface area contributed by atoms with Crippen molar-refractivity contribution in [1.29, 1.82) is 0 Å². The molecule has 0 aliphatic carbocycles. The van der Waals surface area contributed by atoms with Crippen molar-refractivity contribution in [2.75, 3.05) is 26.3 Å². The van der Waals surface area contributed by atoms with Gasteiger partial charge in [-0.25, -0.2) is 0 Å². The van der Waals surface area contributed by atoms with Gasteiger partial charge in [-0.15, -0.1) is 0 Å². The molecule has 16 heavy (non-hydrogen) atoms. The average molecular weight is 229 g/mol. The molecule has 3 nitrogen and oxygen atoms in total. The number of hydrogen-bond acceptors (Lipinski definition) is 3. The Bertz CT molecular complexity index is 167. The minimum absolute atomic E-state index is 0.311. The molecular formula is C13H27NO2. The zero-order valence-electron chi connectivity index (χ0n) is 10.8. The van der Waals surface area contributed by atoms with E-state index >= 15 is 0 Å². The van der Waals surface area contributed by atoms with Crippen LogP contribution in [0.25, 0.3) is 0 Å². The van der Waals surface area contributed by atoms with Crippen LogP contribution in [0.5, 0.6) is 0 Å². The Balaban J connectivity index is 2.25. The van der Waals surface area contributed by atoms with Crippen molar-refractivity contribution in [2.45, 2.75) is 58.1 Å². The highest BCUT2D eigenvalue weighted by Gasteiger charge is 2.19. The summed E-state index contributed by atoms with van der Waals surface area (Å²) in [6, 6.07) is 0.573. The second-order valence-electron chi connectivity index (χ2n) is 5.01. The largest absolute Gasteiger partial charge is 0.396 e. The van der Waals surface area contributed by atoms with Gasteiger partial charge < -0.3 is 9.84 Å². The van der Waals surface area contributed by atoms with Gasteiger partial charge in [0.15, 0.2) is 0 Å². The molecule has 1 unspecified atom stereocenters. The molecule has 1 N–H and O–H groups in total. The van der Waals surface area contributed by atoms with Gasteiger partial charge in [0.1, 0.15) is 0 Å². The maximum Gasteiger partial charge on any atom is 0.0702 e. The van der Waals surface area contributed by atoms with Gasteiger partial charge >= 0.3 is 0 Å². The van der Waals surface area contributed by atoms with Gasteiger partial charge in [0.05, 0.1) is 6.10 Å². The topological polar surface area (TPSA) is 32.7 Å². The second kappa shape index (κ2) is 8.04. The highest BCUT2D eigenvalue weighted by molar-refractivity contribution is 4.72. The molecule has 1 aliphatic rings. The van der Waals surface area contributed by atoms with E-state index in [1.54, 1.807) is 0 Å². The van der Waals surface area contributed by atoms with E-state index in [9.17, 15) is 0 Å². The maximum atomic E-state index is 8.80. The Morgan fingerprint density at radius 3 is 2.69 bits per heavy atom. The van der Waals surface area contributed by atoms with Crippen LogP contribution in [0.2, 0.25) is 0 Å². The third-order valence-corrected chi connectivity index (χ3v) is 3.30. The van der Waals surface area contributed by atoms with Crippen molar-refractivity contribution in [1.82, 2.24) is 4.90 Å². The van der Waals surface area contributed by atoms with E-state index in [1.165, 1.54) is 19.3 Å². The molecule has 0 aromatic heterocycles. The predicted molar refractivity (Wildman–Crippen MR) is 66.6 cm³/mol. The Kier molecular flexibility index (Phi) is 7.01. The normalized spacial score (nSPS) is 21.9. The monoisotopic (exact) mass is 229 g/mol. The summed E-state index contributed by atoms with van der Waals surface area (Å²) < 4.78 is 5.77. The zero-order valence-corrected chi connectivity index (χ0v) is 10.8. The van der Waals surface area contributed by atoms with Gasteiger partial charge in [-0.1, -0.05) is 0 Å². The van der Waals surface area contributed by atoms with Crippen molar-refractivity contribution in [3.63, 3.8) is 0 Å². The van der Waals surface area contributed by atoms with Gasteiger partial charge in [-0.3, -0.25) is 4.90 Å². The highest BCUT2D eigenvalue weighted by atomic mass is 16.5. The van der Waals surface area contributed by atoms with Crippen LogP contribution < -0.4 is 0 Å². The van der Waals surface area contributed by atoms with Crippen LogP contribution in [0.1, 0.15) is 46.0 Å². The summed E-state index contributed by atoms with van der Waals surface area (Å²) >= 11 is 0. The minimum atomic E-state index is 0.311. The molecule has 96 valence electrons. The van der Waals surface area contributed by atoms with E-state index in [4.69, 9.17) is 9.84 Å². The molecule has 0 saturated carbocycles. The van der Waals surface area contributed by atoms with Gasteiger partial charge in [0.25, 0.3) is 0 Å². The summed E-state index contributed by atoms with van der Waals surface area (Å²) in [5.74, 6) is 0. The van der Waals surface area contributed by atoms with Crippen LogP contribution in [-0.2, 0) is 4.74 Å². The van der Waals surface area contributed by atoms with Gasteiger partial charge in [-0.05, 0) is 52.5 Å². The SMILES string of the molecule is CC(C)N(CCCCO)CC1CCCCO1. The number of aliphatic hydroxyl groups is 1. The summed E-state index contributed by atoms with van der Waals surface area (Å²) in [6.45, 7) is 7.86. The molecule has 1 heterocycles. The summed E-state index contributed by atoms with van der Waals surface area (Å²) in [4.78, 5) is 2.48. The lowest BCUT2D eigenvalue weighted by molar-refractivity contribution is -0.0115. The molecule has 1 rings (SSSR count). The van der Waals surface area contributed by atoms with Crippen molar-refractivity contribution < 1.29 is 9.84 Å². The molecule has 0 bridgehead atoms. The lowest BCUT2D eigenvalue weighted by Crippen LogP contribution is -2.40. The Morgan fingerprint density at radius 2 is 2.12 bits per heavy atom. The van der Waals surface area contributed by atoms with Crippen LogP contribution in [0.4, 0.5) is 0 Å². The Hall–Kier alpha value is -0.120. The van der Waals surface area contributed by atoms with E-state index < -0.39 is 0 Å². The third kappa shape index (κ3) is 5.28. The van der Waals surface area contributed by atoms with Crippen LogP contribution in [-0.4, -0.2) is 48.5 Å². The minimum Gasteiger partial charge on any atom is -0.396 e. The molecule has 0 aromatic carbocycles. The fraction of sp³-hybridized carbons (Fsp3) is 1.00. The highest BCUT2D eigenvalue weighted by Crippen LogP contribution is 2.15. The quantitative estimate of drug-likeness (QED) is 0.678. The molecule has 0 spiro atoms. The molecular weight excluding hydrogens is 202 g/mol. The van der Waals surface area contributed by atoms with Crippen molar-refractivity contribution in [3.8, 4) is 0 Å². The fourth-order valence-electron chi connectivity index (χ4n) is 2.20. The van der Waals surface area contributed by atoms with Crippen molar-refractivity contribution >= 4 is 0 Å². The summed E-state index contributed by atoms with van der Waals surface area (Å²) in [5.41, 5.74) is 0. The fourth-order valence-corrected chi connectivity index (χ4v) is 2.20. The van der Waals surface area contributed by atoms with E-state index in [1.807, 2.05) is 0 Å². The lowest BCUT2D eigenvalue weighted by atomic mass is 10.1. The van der Waals surface area contributed by atoms with E-state index in [0.717, 1.165) is 32.5 Å². The van der Waals surface area contributed by atoms with Gasteiger partial charge in [0, 0.05) is 25.8 Å². The van der Waals surface area contributed by atoms with E-state index in [-0.39, 0.29) is 0 Å². The average Bonchev–Trinajstić information content (AvgIpc) is 2.29. The molecule has 0 radical (unpaired) electrons. The lowest BCUT2D eigenvalue weighted by Gasteiger charge is -2.32. The van der Waals surface area contributed by atoms with E-state index in [0.29, 0.717) is 18.8 Å². The van der Waals surface area contributed by atoms with Crippen molar-refractivity contribution in [2.24, 2.45) is 0 Å².